The molecule has 1 aliphatic rings. The van der Waals surface area contributed by atoms with Crippen molar-refractivity contribution in [2.75, 3.05) is 18.4 Å². The molecule has 32 heavy (non-hydrogen) atoms. The predicted octanol–water partition coefficient (Wildman–Crippen LogP) is 4.72. The van der Waals surface area contributed by atoms with E-state index in [-0.39, 0.29) is 10.8 Å². The van der Waals surface area contributed by atoms with E-state index in [1.165, 1.54) is 27.8 Å². The van der Waals surface area contributed by atoms with Crippen molar-refractivity contribution in [3.05, 3.63) is 65.7 Å². The van der Waals surface area contributed by atoms with E-state index in [4.69, 9.17) is 0 Å². The standard InChI is InChI=1S/C23H22N4O3S2/c28-22(16-8-10-17(11-9-16)32(29,30)27-12-4-1-5-13-27)26-23-25-21(15-31-23)19-14-24-20-7-3-2-6-18(19)20/h2-3,6-11,14-15,24H,1,4-5,12-13H2,(H,25,26,28). The van der Waals surface area contributed by atoms with Gasteiger partial charge in [-0.15, -0.1) is 11.3 Å². The van der Waals surface area contributed by atoms with Gasteiger partial charge in [0.05, 0.1) is 10.6 Å². The molecule has 0 atom stereocenters. The molecule has 4 aromatic rings. The van der Waals surface area contributed by atoms with Crippen molar-refractivity contribution in [1.29, 1.82) is 0 Å². The number of H-pyrrole nitrogens is 1. The van der Waals surface area contributed by atoms with E-state index >= 15 is 0 Å². The van der Waals surface area contributed by atoms with E-state index in [0.29, 0.717) is 23.8 Å². The molecule has 1 aliphatic heterocycles. The van der Waals surface area contributed by atoms with Gasteiger partial charge in [-0.25, -0.2) is 13.4 Å². The third kappa shape index (κ3) is 3.94. The molecule has 0 bridgehead atoms. The number of nitrogens with zero attached hydrogens (tertiary/aromatic N) is 2. The van der Waals surface area contributed by atoms with Gasteiger partial charge in [-0.3, -0.25) is 10.1 Å². The lowest BCUT2D eigenvalue weighted by Gasteiger charge is -2.25. The molecule has 0 saturated carbocycles. The lowest BCUT2D eigenvalue weighted by Crippen LogP contribution is -2.35. The molecule has 0 unspecified atom stereocenters. The van der Waals surface area contributed by atoms with E-state index in [0.717, 1.165) is 41.4 Å². The van der Waals surface area contributed by atoms with Gasteiger partial charge in [0, 0.05) is 46.7 Å². The van der Waals surface area contributed by atoms with E-state index in [2.05, 4.69) is 15.3 Å². The van der Waals surface area contributed by atoms with Crippen molar-refractivity contribution < 1.29 is 13.2 Å². The Kier molecular flexibility index (Phi) is 5.54. The van der Waals surface area contributed by atoms with Crippen LogP contribution in [0, 0.1) is 0 Å². The first kappa shape index (κ1) is 20.9. The van der Waals surface area contributed by atoms with Gasteiger partial charge >= 0.3 is 0 Å². The minimum Gasteiger partial charge on any atom is -0.360 e. The second-order valence-corrected chi connectivity index (χ2v) is 10.5. The Morgan fingerprint density at radius 3 is 2.56 bits per heavy atom. The zero-order chi connectivity index (χ0) is 22.1. The molecule has 0 spiro atoms. The second kappa shape index (κ2) is 8.50. The van der Waals surface area contributed by atoms with Crippen LogP contribution >= 0.6 is 11.3 Å². The van der Waals surface area contributed by atoms with E-state index in [9.17, 15) is 13.2 Å². The highest BCUT2D eigenvalue weighted by Gasteiger charge is 2.26. The van der Waals surface area contributed by atoms with Gasteiger partial charge in [0.1, 0.15) is 0 Å². The largest absolute Gasteiger partial charge is 0.360 e. The summed E-state index contributed by atoms with van der Waals surface area (Å²) in [6.45, 7) is 1.10. The second-order valence-electron chi connectivity index (χ2n) is 7.73. The van der Waals surface area contributed by atoms with Gasteiger partial charge < -0.3 is 4.98 Å². The summed E-state index contributed by atoms with van der Waals surface area (Å²) in [5, 5.41) is 6.27. The fraction of sp³-hybridized carbons (Fsp3) is 0.217. The lowest BCUT2D eigenvalue weighted by molar-refractivity contribution is 0.102. The summed E-state index contributed by atoms with van der Waals surface area (Å²) in [5.41, 5.74) is 3.17. The topological polar surface area (TPSA) is 95.2 Å². The van der Waals surface area contributed by atoms with Crippen molar-refractivity contribution in [3.63, 3.8) is 0 Å². The van der Waals surface area contributed by atoms with Crippen LogP contribution in [0.1, 0.15) is 29.6 Å². The molecule has 1 fully saturated rings. The number of piperidine rings is 1. The van der Waals surface area contributed by atoms with E-state index in [1.807, 2.05) is 35.8 Å². The van der Waals surface area contributed by atoms with Gasteiger partial charge in [-0.05, 0) is 43.2 Å². The highest BCUT2D eigenvalue weighted by atomic mass is 32.2. The minimum absolute atomic E-state index is 0.215. The first-order chi connectivity index (χ1) is 15.5. The van der Waals surface area contributed by atoms with Crippen LogP contribution in [0.15, 0.2) is 65.0 Å². The number of nitrogens with one attached hydrogen (secondary N) is 2. The monoisotopic (exact) mass is 466 g/mol. The molecule has 2 aromatic carbocycles. The van der Waals surface area contributed by atoms with Crippen LogP contribution in [0.4, 0.5) is 5.13 Å². The minimum atomic E-state index is -3.51. The summed E-state index contributed by atoms with van der Waals surface area (Å²) in [6, 6.07) is 14.1. The molecule has 164 valence electrons. The number of thiazole rings is 1. The molecule has 0 radical (unpaired) electrons. The maximum atomic E-state index is 12.8. The molecule has 1 amide bonds. The molecule has 0 aliphatic carbocycles. The van der Waals surface area contributed by atoms with Crippen molar-refractivity contribution in [2.45, 2.75) is 24.2 Å². The summed E-state index contributed by atoms with van der Waals surface area (Å²) in [4.78, 5) is 20.7. The number of aromatic amines is 1. The summed E-state index contributed by atoms with van der Waals surface area (Å²) in [5.74, 6) is -0.327. The molecule has 3 heterocycles. The predicted molar refractivity (Wildman–Crippen MR) is 126 cm³/mol. The number of para-hydroxylation sites is 1. The fourth-order valence-electron chi connectivity index (χ4n) is 3.94. The fourth-order valence-corrected chi connectivity index (χ4v) is 6.16. The average molecular weight is 467 g/mol. The van der Waals surface area contributed by atoms with Crippen LogP contribution in [-0.4, -0.2) is 41.7 Å². The zero-order valence-corrected chi connectivity index (χ0v) is 18.9. The van der Waals surface area contributed by atoms with Gasteiger partial charge in [-0.2, -0.15) is 4.31 Å². The highest BCUT2D eigenvalue weighted by molar-refractivity contribution is 7.89. The van der Waals surface area contributed by atoms with Crippen LogP contribution in [0.5, 0.6) is 0 Å². The summed E-state index contributed by atoms with van der Waals surface area (Å²) >= 11 is 1.35. The number of carbonyl (C=O) groups excluding carboxylic acids is 1. The number of aromatic nitrogens is 2. The van der Waals surface area contributed by atoms with Crippen molar-refractivity contribution >= 4 is 43.3 Å². The molecule has 1 saturated heterocycles. The third-order valence-electron chi connectivity index (χ3n) is 5.66. The Labute approximate surface area is 190 Å². The summed E-state index contributed by atoms with van der Waals surface area (Å²) < 4.78 is 27.1. The molecular weight excluding hydrogens is 444 g/mol. The Hall–Kier alpha value is -3.01. The molecule has 5 rings (SSSR count). The van der Waals surface area contributed by atoms with Crippen LogP contribution < -0.4 is 5.32 Å². The van der Waals surface area contributed by atoms with E-state index < -0.39 is 10.0 Å². The van der Waals surface area contributed by atoms with Gasteiger partial charge in [-0.1, -0.05) is 24.6 Å². The zero-order valence-electron chi connectivity index (χ0n) is 17.2. The molecule has 2 aromatic heterocycles. The van der Waals surface area contributed by atoms with Crippen molar-refractivity contribution in [3.8, 4) is 11.3 Å². The number of sulfonamides is 1. The number of hydrogen-bond acceptors (Lipinski definition) is 5. The first-order valence-corrected chi connectivity index (χ1v) is 12.8. The Bertz CT molecular complexity index is 1370. The number of fused-ring (bicyclic) bond motifs is 1. The van der Waals surface area contributed by atoms with E-state index in [1.54, 1.807) is 12.1 Å². The van der Waals surface area contributed by atoms with Crippen LogP contribution in [-0.2, 0) is 10.0 Å². The maximum Gasteiger partial charge on any atom is 0.257 e. The number of rotatable bonds is 5. The van der Waals surface area contributed by atoms with Crippen molar-refractivity contribution in [2.24, 2.45) is 0 Å². The van der Waals surface area contributed by atoms with Gasteiger partial charge in [0.15, 0.2) is 5.13 Å². The number of anilines is 1. The highest BCUT2D eigenvalue weighted by Crippen LogP contribution is 2.31. The first-order valence-electron chi connectivity index (χ1n) is 10.5. The quantitative estimate of drug-likeness (QED) is 0.445. The number of amides is 1. The van der Waals surface area contributed by atoms with Crippen LogP contribution in [0.25, 0.3) is 22.2 Å². The lowest BCUT2D eigenvalue weighted by atomic mass is 10.1. The van der Waals surface area contributed by atoms with Crippen LogP contribution in [0.3, 0.4) is 0 Å². The Balaban J connectivity index is 1.30. The molecule has 9 heteroatoms. The van der Waals surface area contributed by atoms with Crippen LogP contribution in [0.2, 0.25) is 0 Å². The normalized spacial score (nSPS) is 15.1. The SMILES string of the molecule is O=C(Nc1nc(-c2c[nH]c3ccccc23)cs1)c1ccc(S(=O)(=O)N2CCCCC2)cc1. The Morgan fingerprint density at radius 1 is 1.03 bits per heavy atom. The molecule has 2 N–H and O–H groups in total. The van der Waals surface area contributed by atoms with Crippen molar-refractivity contribution in [1.82, 2.24) is 14.3 Å². The number of hydrogen-bond donors (Lipinski definition) is 2. The summed E-state index contributed by atoms with van der Waals surface area (Å²) in [7, 11) is -3.51. The molecular formula is C23H22N4O3S2. The number of carbonyl (C=O) groups is 1. The van der Waals surface area contributed by atoms with Gasteiger partial charge in [0.25, 0.3) is 5.91 Å². The third-order valence-corrected chi connectivity index (χ3v) is 8.33. The summed E-state index contributed by atoms with van der Waals surface area (Å²) in [6.07, 6.45) is 4.73. The molecule has 7 nitrogen and oxygen atoms in total. The van der Waals surface area contributed by atoms with Gasteiger partial charge in [0.2, 0.25) is 10.0 Å². The smallest absolute Gasteiger partial charge is 0.257 e. The maximum absolute atomic E-state index is 12.8. The Morgan fingerprint density at radius 2 is 1.78 bits per heavy atom. The average Bonchev–Trinajstić information content (AvgIpc) is 3.46. The number of benzene rings is 2.